The molecule has 1 heterocycles. The maximum absolute atomic E-state index is 4.00. The minimum absolute atomic E-state index is 0.981. The number of benzene rings is 1. The zero-order valence-electron chi connectivity index (χ0n) is 10.9. The van der Waals surface area contributed by atoms with E-state index < -0.39 is 0 Å². The van der Waals surface area contributed by atoms with Gasteiger partial charge in [0.2, 0.25) is 0 Å². The lowest BCUT2D eigenvalue weighted by atomic mass is 10.1. The van der Waals surface area contributed by atoms with E-state index in [2.05, 4.69) is 62.1 Å². The monoisotopic (exact) mass is 234 g/mol. The SMILES string of the molecule is BN(B)Cc1ccc(/C=C/c2ccncc2)cc1. The van der Waals surface area contributed by atoms with Crippen molar-refractivity contribution in [3.05, 3.63) is 65.5 Å². The summed E-state index contributed by atoms with van der Waals surface area (Å²) in [5, 5.41) is 0. The molecule has 0 aliphatic rings. The van der Waals surface area contributed by atoms with Gasteiger partial charge in [-0.05, 0) is 28.8 Å². The Morgan fingerprint density at radius 1 is 0.889 bits per heavy atom. The van der Waals surface area contributed by atoms with E-state index in [1.54, 1.807) is 12.4 Å². The molecule has 0 spiro atoms. The van der Waals surface area contributed by atoms with Crippen LogP contribution in [-0.4, -0.2) is 25.7 Å². The smallest absolute Gasteiger partial charge is 0.172 e. The van der Waals surface area contributed by atoms with Gasteiger partial charge in [0.25, 0.3) is 0 Å². The summed E-state index contributed by atoms with van der Waals surface area (Å²) >= 11 is 0. The van der Waals surface area contributed by atoms with Crippen molar-refractivity contribution in [1.29, 1.82) is 0 Å². The van der Waals surface area contributed by atoms with E-state index in [4.69, 9.17) is 0 Å². The number of hydrogen-bond acceptors (Lipinski definition) is 2. The fourth-order valence-electron chi connectivity index (χ4n) is 1.77. The predicted molar refractivity (Wildman–Crippen MR) is 82.2 cm³/mol. The van der Waals surface area contributed by atoms with Crippen LogP contribution in [0.15, 0.2) is 48.8 Å². The zero-order valence-corrected chi connectivity index (χ0v) is 10.9. The first-order chi connectivity index (χ1) is 8.74. The second kappa shape index (κ2) is 6.22. The van der Waals surface area contributed by atoms with Crippen LogP contribution in [0, 0.1) is 0 Å². The molecule has 0 aliphatic carbocycles. The van der Waals surface area contributed by atoms with E-state index in [1.807, 2.05) is 12.1 Å². The first-order valence-corrected chi connectivity index (χ1v) is 6.06. The molecule has 0 unspecified atom stereocenters. The quantitative estimate of drug-likeness (QED) is 0.737. The predicted octanol–water partition coefficient (Wildman–Crippen LogP) is 1.15. The lowest BCUT2D eigenvalue weighted by molar-refractivity contribution is 0.699. The number of rotatable bonds is 4. The summed E-state index contributed by atoms with van der Waals surface area (Å²) in [4.78, 5) is 4.00. The Morgan fingerprint density at radius 3 is 2.00 bits per heavy atom. The first kappa shape index (κ1) is 12.7. The van der Waals surface area contributed by atoms with Gasteiger partial charge in [-0.2, -0.15) is 0 Å². The third-order valence-electron chi connectivity index (χ3n) is 2.65. The van der Waals surface area contributed by atoms with Gasteiger partial charge < -0.3 is 4.72 Å². The van der Waals surface area contributed by atoms with Crippen molar-refractivity contribution in [1.82, 2.24) is 9.71 Å². The summed E-state index contributed by atoms with van der Waals surface area (Å²) in [6.45, 7) is 0.981. The fraction of sp³-hybridized carbons (Fsp3) is 0.0714. The second-order valence-electron chi connectivity index (χ2n) is 4.59. The van der Waals surface area contributed by atoms with Crippen molar-refractivity contribution in [3.8, 4) is 0 Å². The maximum Gasteiger partial charge on any atom is 0.172 e. The van der Waals surface area contributed by atoms with Crippen molar-refractivity contribution in [2.24, 2.45) is 0 Å². The summed E-state index contributed by atoms with van der Waals surface area (Å²) in [7, 11) is 4.16. The molecule has 4 heteroatoms. The molecule has 88 valence electrons. The van der Waals surface area contributed by atoms with Gasteiger partial charge >= 0.3 is 0 Å². The number of aromatic nitrogens is 1. The highest BCUT2D eigenvalue weighted by Gasteiger charge is 1.94. The molecule has 0 amide bonds. The summed E-state index contributed by atoms with van der Waals surface area (Å²) in [6.07, 6.45) is 7.83. The molecular formula is C14H16B2N2. The molecular weight excluding hydrogens is 218 g/mol. The molecule has 0 bridgehead atoms. The molecule has 2 nitrogen and oxygen atoms in total. The van der Waals surface area contributed by atoms with E-state index in [0.29, 0.717) is 0 Å². The van der Waals surface area contributed by atoms with Crippen LogP contribution >= 0.6 is 0 Å². The first-order valence-electron chi connectivity index (χ1n) is 6.06. The van der Waals surface area contributed by atoms with Gasteiger partial charge in [0, 0.05) is 18.9 Å². The van der Waals surface area contributed by atoms with Crippen molar-refractivity contribution < 1.29 is 0 Å². The number of nitrogens with zero attached hydrogens (tertiary/aromatic N) is 2. The third-order valence-corrected chi connectivity index (χ3v) is 2.65. The molecule has 0 saturated heterocycles. The standard InChI is InChI=1S/C14H16B2N2/c15-18(16)11-14-5-3-12(4-6-14)1-2-13-7-9-17-10-8-13/h1-10H,11,15-16H2/b2-1+. The molecule has 0 fully saturated rings. The molecule has 2 aromatic rings. The molecule has 0 N–H and O–H groups in total. The summed E-state index contributed by atoms with van der Waals surface area (Å²) < 4.78 is 2.17. The largest absolute Gasteiger partial charge is 0.392 e. The Bertz CT molecular complexity index is 507. The van der Waals surface area contributed by atoms with Gasteiger partial charge in [-0.25, -0.2) is 0 Å². The van der Waals surface area contributed by atoms with Crippen LogP contribution < -0.4 is 0 Å². The van der Waals surface area contributed by atoms with Crippen molar-refractivity contribution in [2.45, 2.75) is 6.54 Å². The zero-order chi connectivity index (χ0) is 12.8. The minimum Gasteiger partial charge on any atom is -0.392 e. The molecule has 0 radical (unpaired) electrons. The summed E-state index contributed by atoms with van der Waals surface area (Å²) in [6, 6.07) is 12.6. The van der Waals surface area contributed by atoms with Gasteiger partial charge in [-0.3, -0.25) is 4.98 Å². The molecule has 0 atom stereocenters. The molecule has 0 saturated carbocycles. The molecule has 1 aromatic heterocycles. The van der Waals surface area contributed by atoms with Gasteiger partial charge in [0.15, 0.2) is 16.0 Å². The average molecular weight is 234 g/mol. The maximum atomic E-state index is 4.00. The molecule has 18 heavy (non-hydrogen) atoms. The van der Waals surface area contributed by atoms with Gasteiger partial charge in [-0.15, -0.1) is 0 Å². The van der Waals surface area contributed by atoms with Gasteiger partial charge in [0.1, 0.15) is 0 Å². The molecule has 0 aliphatic heterocycles. The fourth-order valence-corrected chi connectivity index (χ4v) is 1.77. The van der Waals surface area contributed by atoms with Crippen LogP contribution in [0.1, 0.15) is 16.7 Å². The van der Waals surface area contributed by atoms with Crippen LogP contribution in [0.3, 0.4) is 0 Å². The molecule has 1 aromatic carbocycles. The number of hydrogen-bond donors (Lipinski definition) is 0. The Labute approximate surface area is 110 Å². The molecule has 2 rings (SSSR count). The van der Waals surface area contributed by atoms with E-state index >= 15 is 0 Å². The third kappa shape index (κ3) is 3.90. The van der Waals surface area contributed by atoms with Crippen LogP contribution in [0.4, 0.5) is 0 Å². The highest BCUT2D eigenvalue weighted by atomic mass is 14.9. The van der Waals surface area contributed by atoms with E-state index in [-0.39, 0.29) is 0 Å². The van der Waals surface area contributed by atoms with Crippen LogP contribution in [-0.2, 0) is 6.54 Å². The lowest BCUT2D eigenvalue weighted by Gasteiger charge is -2.09. The van der Waals surface area contributed by atoms with Gasteiger partial charge in [0.05, 0.1) is 0 Å². The topological polar surface area (TPSA) is 16.1 Å². The average Bonchev–Trinajstić information content (AvgIpc) is 2.38. The summed E-state index contributed by atoms with van der Waals surface area (Å²) in [5.74, 6) is 0. The van der Waals surface area contributed by atoms with Gasteiger partial charge in [-0.1, -0.05) is 36.4 Å². The Balaban J connectivity index is 2.04. The Hall–Kier alpha value is -1.80. The van der Waals surface area contributed by atoms with E-state index in [9.17, 15) is 0 Å². The highest BCUT2D eigenvalue weighted by molar-refractivity contribution is 6.24. The van der Waals surface area contributed by atoms with Crippen molar-refractivity contribution >= 4 is 28.1 Å². The van der Waals surface area contributed by atoms with Crippen LogP contribution in [0.25, 0.3) is 12.2 Å². The van der Waals surface area contributed by atoms with E-state index in [1.165, 1.54) is 16.7 Å². The summed E-state index contributed by atoms with van der Waals surface area (Å²) in [5.41, 5.74) is 3.72. The second-order valence-corrected chi connectivity index (χ2v) is 4.59. The Morgan fingerprint density at radius 2 is 1.44 bits per heavy atom. The minimum atomic E-state index is 0.981. The van der Waals surface area contributed by atoms with Crippen molar-refractivity contribution in [2.75, 3.05) is 0 Å². The van der Waals surface area contributed by atoms with Crippen molar-refractivity contribution in [3.63, 3.8) is 0 Å². The van der Waals surface area contributed by atoms with Crippen LogP contribution in [0.2, 0.25) is 0 Å². The lowest BCUT2D eigenvalue weighted by Crippen LogP contribution is -2.14. The Kier molecular flexibility index (Phi) is 4.37. The van der Waals surface area contributed by atoms with E-state index in [0.717, 1.165) is 6.54 Å². The highest BCUT2D eigenvalue weighted by Crippen LogP contribution is 2.10. The van der Waals surface area contributed by atoms with Crippen LogP contribution in [0.5, 0.6) is 0 Å². The normalized spacial score (nSPS) is 11.2. The number of pyridine rings is 1.